The molecule has 2 aromatic rings. The summed E-state index contributed by atoms with van der Waals surface area (Å²) in [6.45, 7) is 11.8. The van der Waals surface area contributed by atoms with Crippen LogP contribution in [-0.2, 0) is 4.74 Å². The zero-order valence-corrected chi connectivity index (χ0v) is 18.5. The van der Waals surface area contributed by atoms with Gasteiger partial charge in [-0.2, -0.15) is 0 Å². The second-order valence-electron chi connectivity index (χ2n) is 8.51. The lowest BCUT2D eigenvalue weighted by atomic mass is 10.1. The molecule has 1 saturated heterocycles. The Labute approximate surface area is 179 Å². The molecule has 30 heavy (non-hydrogen) atoms. The van der Waals surface area contributed by atoms with Gasteiger partial charge in [0.05, 0.1) is 25.7 Å². The normalized spacial score (nSPS) is 15.2. The molecule has 1 heterocycles. The van der Waals surface area contributed by atoms with Gasteiger partial charge in [0.2, 0.25) is 0 Å². The van der Waals surface area contributed by atoms with E-state index < -0.39 is 11.7 Å². The molecule has 6 heteroatoms. The Balaban J connectivity index is 1.45. The number of carbonyl (C=O) groups excluding carboxylic acids is 1. The lowest BCUT2D eigenvalue weighted by Gasteiger charge is -2.40. The quantitative estimate of drug-likeness (QED) is 0.698. The summed E-state index contributed by atoms with van der Waals surface area (Å²) in [5.41, 5.74) is 1.66. The Morgan fingerprint density at radius 1 is 1.07 bits per heavy atom. The van der Waals surface area contributed by atoms with Crippen molar-refractivity contribution in [2.24, 2.45) is 0 Å². The van der Waals surface area contributed by atoms with E-state index in [4.69, 9.17) is 14.2 Å². The maximum Gasteiger partial charge on any atom is 0.408 e. The average Bonchev–Trinajstić information content (AvgIpc) is 2.64. The summed E-state index contributed by atoms with van der Waals surface area (Å²) in [7, 11) is 0. The molecule has 6 nitrogen and oxygen atoms in total. The summed E-state index contributed by atoms with van der Waals surface area (Å²) in [5.74, 6) is 1.73. The van der Waals surface area contributed by atoms with Gasteiger partial charge in [0.1, 0.15) is 23.2 Å². The highest BCUT2D eigenvalue weighted by Crippen LogP contribution is 2.27. The zero-order valence-electron chi connectivity index (χ0n) is 18.5. The maximum absolute atomic E-state index is 11.9. The Kier molecular flexibility index (Phi) is 6.75. The van der Waals surface area contributed by atoms with Gasteiger partial charge >= 0.3 is 6.09 Å². The van der Waals surface area contributed by atoms with Crippen LogP contribution in [0.4, 0.5) is 10.5 Å². The third-order valence-electron chi connectivity index (χ3n) is 4.78. The van der Waals surface area contributed by atoms with Gasteiger partial charge in [-0.15, -0.1) is 0 Å². The Morgan fingerprint density at radius 3 is 2.23 bits per heavy atom. The molecule has 1 fully saturated rings. The van der Waals surface area contributed by atoms with E-state index in [1.807, 2.05) is 71.0 Å². The van der Waals surface area contributed by atoms with Crippen LogP contribution >= 0.6 is 0 Å². The van der Waals surface area contributed by atoms with E-state index in [2.05, 4.69) is 22.3 Å². The number of nitrogens with zero attached hydrogens (tertiary/aromatic N) is 1. The van der Waals surface area contributed by atoms with Crippen LogP contribution in [-0.4, -0.2) is 37.5 Å². The molecule has 2 aromatic carbocycles. The first-order valence-electron chi connectivity index (χ1n) is 10.5. The number of nitrogens with one attached hydrogen (secondary N) is 1. The van der Waals surface area contributed by atoms with Crippen LogP contribution in [0.2, 0.25) is 0 Å². The van der Waals surface area contributed by atoms with Gasteiger partial charge < -0.3 is 24.4 Å². The van der Waals surface area contributed by atoms with E-state index in [1.165, 1.54) is 5.69 Å². The van der Waals surface area contributed by atoms with Gasteiger partial charge in [0.25, 0.3) is 0 Å². The van der Waals surface area contributed by atoms with Crippen molar-refractivity contribution in [3.63, 3.8) is 0 Å². The van der Waals surface area contributed by atoms with Gasteiger partial charge in [0, 0.05) is 5.69 Å². The molecule has 1 unspecified atom stereocenters. The minimum atomic E-state index is -0.510. The highest BCUT2D eigenvalue weighted by atomic mass is 16.6. The number of alkyl carbamates (subject to hydrolysis) is 1. The van der Waals surface area contributed by atoms with Gasteiger partial charge in [-0.05, 0) is 76.6 Å². The summed E-state index contributed by atoms with van der Waals surface area (Å²) in [4.78, 5) is 14.2. The van der Waals surface area contributed by atoms with Crippen LogP contribution in [0, 0.1) is 0 Å². The van der Waals surface area contributed by atoms with Crippen LogP contribution in [0.1, 0.15) is 46.2 Å². The summed E-state index contributed by atoms with van der Waals surface area (Å²) in [6, 6.07) is 15.8. The minimum Gasteiger partial charge on any atom is -0.494 e. The van der Waals surface area contributed by atoms with Crippen molar-refractivity contribution in [1.29, 1.82) is 0 Å². The van der Waals surface area contributed by atoms with E-state index in [1.54, 1.807) is 0 Å². The highest BCUT2D eigenvalue weighted by molar-refractivity contribution is 5.68. The van der Waals surface area contributed by atoms with Crippen LogP contribution < -0.4 is 19.7 Å². The Hall–Kier alpha value is -2.89. The van der Waals surface area contributed by atoms with Crippen molar-refractivity contribution in [3.8, 4) is 11.5 Å². The fraction of sp³-hybridized carbons (Fsp3) is 0.458. The molecule has 0 aliphatic carbocycles. The molecule has 0 saturated carbocycles. The third-order valence-corrected chi connectivity index (χ3v) is 4.78. The summed E-state index contributed by atoms with van der Waals surface area (Å²) >= 11 is 0. The first-order valence-corrected chi connectivity index (χ1v) is 10.5. The number of ether oxygens (including phenoxy) is 3. The van der Waals surface area contributed by atoms with E-state index in [-0.39, 0.29) is 12.1 Å². The predicted octanol–water partition coefficient (Wildman–Crippen LogP) is 4.94. The van der Waals surface area contributed by atoms with E-state index >= 15 is 0 Å². The Bertz CT molecular complexity index is 822. The van der Waals surface area contributed by atoms with E-state index in [0.717, 1.165) is 30.2 Å². The lowest BCUT2D eigenvalue weighted by molar-refractivity contribution is 0.0508. The van der Waals surface area contributed by atoms with Crippen LogP contribution in [0.5, 0.6) is 11.5 Å². The maximum atomic E-state index is 11.9. The number of hydrogen-bond acceptors (Lipinski definition) is 5. The number of hydrogen-bond donors (Lipinski definition) is 1. The molecule has 0 spiro atoms. The smallest absolute Gasteiger partial charge is 0.408 e. The SMILES string of the molecule is CCOc1ccc(N2CC(Oc3ccc(C(C)NC(=O)OC(C)(C)C)cc3)C2)cc1. The third kappa shape index (κ3) is 6.05. The zero-order chi connectivity index (χ0) is 21.7. The largest absolute Gasteiger partial charge is 0.494 e. The van der Waals surface area contributed by atoms with Crippen molar-refractivity contribution < 1.29 is 19.0 Å². The van der Waals surface area contributed by atoms with Crippen molar-refractivity contribution in [2.45, 2.75) is 52.4 Å². The summed E-state index contributed by atoms with van der Waals surface area (Å²) in [6.07, 6.45) is -0.251. The van der Waals surface area contributed by atoms with Gasteiger partial charge in [-0.3, -0.25) is 0 Å². The summed E-state index contributed by atoms with van der Waals surface area (Å²) in [5, 5.41) is 2.85. The standard InChI is InChI=1S/C24H32N2O4/c1-6-28-20-13-9-19(10-14-20)26-15-22(16-26)29-21-11-7-18(8-12-21)17(2)25-23(27)30-24(3,4)5/h7-14,17,22H,6,15-16H2,1-5H3,(H,25,27). The van der Waals surface area contributed by atoms with Crippen molar-refractivity contribution in [1.82, 2.24) is 5.32 Å². The number of carbonyl (C=O) groups is 1. The van der Waals surface area contributed by atoms with Gasteiger partial charge in [-0.25, -0.2) is 4.79 Å². The molecule has 1 aliphatic heterocycles. The second kappa shape index (κ2) is 9.28. The van der Waals surface area contributed by atoms with Crippen molar-refractivity contribution in [2.75, 3.05) is 24.6 Å². The van der Waals surface area contributed by atoms with Crippen LogP contribution in [0.3, 0.4) is 0 Å². The lowest BCUT2D eigenvalue weighted by Crippen LogP contribution is -2.54. The highest BCUT2D eigenvalue weighted by Gasteiger charge is 2.28. The number of rotatable bonds is 7. The van der Waals surface area contributed by atoms with Crippen molar-refractivity contribution in [3.05, 3.63) is 54.1 Å². The van der Waals surface area contributed by atoms with Crippen LogP contribution in [0.25, 0.3) is 0 Å². The minimum absolute atomic E-state index is 0.146. The molecular formula is C24H32N2O4. The molecular weight excluding hydrogens is 380 g/mol. The van der Waals surface area contributed by atoms with Gasteiger partial charge in [-0.1, -0.05) is 12.1 Å². The average molecular weight is 413 g/mol. The molecule has 162 valence electrons. The summed E-state index contributed by atoms with van der Waals surface area (Å²) < 4.78 is 16.9. The first-order chi connectivity index (χ1) is 14.2. The number of amides is 1. The molecule has 3 rings (SSSR count). The molecule has 1 aliphatic rings. The van der Waals surface area contributed by atoms with Gasteiger partial charge in [0.15, 0.2) is 0 Å². The monoisotopic (exact) mass is 412 g/mol. The van der Waals surface area contributed by atoms with Crippen molar-refractivity contribution >= 4 is 11.8 Å². The Morgan fingerprint density at radius 2 is 1.67 bits per heavy atom. The van der Waals surface area contributed by atoms with Crippen LogP contribution in [0.15, 0.2) is 48.5 Å². The molecule has 1 atom stereocenters. The van der Waals surface area contributed by atoms with E-state index in [9.17, 15) is 4.79 Å². The second-order valence-corrected chi connectivity index (χ2v) is 8.51. The van der Waals surface area contributed by atoms with E-state index in [0.29, 0.717) is 6.61 Å². The molecule has 1 N–H and O–H groups in total. The molecule has 1 amide bonds. The fourth-order valence-corrected chi connectivity index (χ4v) is 3.24. The molecule has 0 aromatic heterocycles. The number of anilines is 1. The molecule has 0 radical (unpaired) electrons. The first kappa shape index (κ1) is 21.8. The number of benzene rings is 2. The fourth-order valence-electron chi connectivity index (χ4n) is 3.24. The topological polar surface area (TPSA) is 60.0 Å². The predicted molar refractivity (Wildman–Crippen MR) is 118 cm³/mol. The molecule has 0 bridgehead atoms.